The SMILES string of the molecule is CN(C)CCNc1ncnc2c1ccn2C. The molecule has 0 fully saturated rings. The molecule has 0 bridgehead atoms. The smallest absolute Gasteiger partial charge is 0.145 e. The zero-order valence-corrected chi connectivity index (χ0v) is 9.94. The summed E-state index contributed by atoms with van der Waals surface area (Å²) in [4.78, 5) is 10.6. The van der Waals surface area contributed by atoms with E-state index in [2.05, 4.69) is 34.3 Å². The molecule has 5 nitrogen and oxygen atoms in total. The van der Waals surface area contributed by atoms with Gasteiger partial charge in [-0.05, 0) is 20.2 Å². The summed E-state index contributed by atoms with van der Waals surface area (Å²) < 4.78 is 1.99. The molecule has 16 heavy (non-hydrogen) atoms. The van der Waals surface area contributed by atoms with Gasteiger partial charge < -0.3 is 14.8 Å². The van der Waals surface area contributed by atoms with Crippen LogP contribution >= 0.6 is 0 Å². The van der Waals surface area contributed by atoms with E-state index in [0.29, 0.717) is 0 Å². The molecule has 0 saturated carbocycles. The second-order valence-electron chi connectivity index (χ2n) is 4.12. The second-order valence-corrected chi connectivity index (χ2v) is 4.12. The maximum absolute atomic E-state index is 4.26. The Balaban J connectivity index is 2.17. The molecule has 0 aliphatic rings. The molecular weight excluding hydrogens is 202 g/mol. The minimum atomic E-state index is 0.883. The van der Waals surface area contributed by atoms with E-state index in [9.17, 15) is 0 Å². The van der Waals surface area contributed by atoms with Crippen LogP contribution in [0.3, 0.4) is 0 Å². The summed E-state index contributed by atoms with van der Waals surface area (Å²) >= 11 is 0. The van der Waals surface area contributed by atoms with Crippen LogP contribution in [0.5, 0.6) is 0 Å². The van der Waals surface area contributed by atoms with Gasteiger partial charge in [0.2, 0.25) is 0 Å². The first kappa shape index (κ1) is 10.9. The van der Waals surface area contributed by atoms with Gasteiger partial charge in [0.1, 0.15) is 17.8 Å². The Kier molecular flexibility index (Phi) is 3.05. The minimum Gasteiger partial charge on any atom is -0.368 e. The van der Waals surface area contributed by atoms with E-state index in [1.807, 2.05) is 23.9 Å². The largest absolute Gasteiger partial charge is 0.368 e. The van der Waals surface area contributed by atoms with Crippen molar-refractivity contribution in [1.29, 1.82) is 0 Å². The molecule has 0 amide bonds. The normalized spacial score (nSPS) is 11.2. The van der Waals surface area contributed by atoms with E-state index in [-0.39, 0.29) is 0 Å². The molecule has 0 radical (unpaired) electrons. The summed E-state index contributed by atoms with van der Waals surface area (Å²) in [6.45, 7) is 1.87. The van der Waals surface area contributed by atoms with Crippen molar-refractivity contribution in [1.82, 2.24) is 19.4 Å². The van der Waals surface area contributed by atoms with Gasteiger partial charge in [0.05, 0.1) is 5.39 Å². The van der Waals surface area contributed by atoms with Crippen LogP contribution in [0.15, 0.2) is 18.6 Å². The van der Waals surface area contributed by atoms with Crippen molar-refractivity contribution in [2.24, 2.45) is 7.05 Å². The second kappa shape index (κ2) is 4.49. The Bertz CT molecular complexity index is 474. The number of aromatic nitrogens is 3. The van der Waals surface area contributed by atoms with Gasteiger partial charge >= 0.3 is 0 Å². The maximum atomic E-state index is 4.26. The summed E-state index contributed by atoms with van der Waals surface area (Å²) in [7, 11) is 6.10. The molecule has 2 aromatic heterocycles. The molecular formula is C11H17N5. The van der Waals surface area contributed by atoms with Crippen LogP contribution in [0.1, 0.15) is 0 Å². The average Bonchev–Trinajstić information content (AvgIpc) is 2.61. The minimum absolute atomic E-state index is 0.883. The van der Waals surface area contributed by atoms with Crippen LogP contribution in [0.25, 0.3) is 11.0 Å². The van der Waals surface area contributed by atoms with E-state index < -0.39 is 0 Å². The van der Waals surface area contributed by atoms with Crippen LogP contribution in [0, 0.1) is 0 Å². The zero-order valence-electron chi connectivity index (χ0n) is 9.94. The maximum Gasteiger partial charge on any atom is 0.145 e. The van der Waals surface area contributed by atoms with Gasteiger partial charge in [-0.3, -0.25) is 0 Å². The van der Waals surface area contributed by atoms with Gasteiger partial charge in [0.15, 0.2) is 0 Å². The topological polar surface area (TPSA) is 46.0 Å². The third-order valence-corrected chi connectivity index (χ3v) is 2.51. The number of hydrogen-bond donors (Lipinski definition) is 1. The number of rotatable bonds is 4. The fraction of sp³-hybridized carbons (Fsp3) is 0.455. The summed E-state index contributed by atoms with van der Waals surface area (Å²) in [6, 6.07) is 2.04. The number of hydrogen-bond acceptors (Lipinski definition) is 4. The lowest BCUT2D eigenvalue weighted by Gasteiger charge is -2.11. The molecule has 2 aromatic rings. The standard InChI is InChI=1S/C11H17N5/c1-15(2)7-5-12-10-9-4-6-16(3)11(9)14-8-13-10/h4,6,8H,5,7H2,1-3H3,(H,12,13,14). The van der Waals surface area contributed by atoms with E-state index in [1.54, 1.807) is 6.33 Å². The van der Waals surface area contributed by atoms with Crippen molar-refractivity contribution in [3.05, 3.63) is 18.6 Å². The number of likely N-dealkylation sites (N-methyl/N-ethyl adjacent to an activating group) is 1. The van der Waals surface area contributed by atoms with Gasteiger partial charge in [-0.15, -0.1) is 0 Å². The van der Waals surface area contributed by atoms with E-state index in [0.717, 1.165) is 29.9 Å². The van der Waals surface area contributed by atoms with Gasteiger partial charge in [0, 0.05) is 26.3 Å². The van der Waals surface area contributed by atoms with Crippen LogP contribution in [-0.2, 0) is 7.05 Å². The molecule has 0 atom stereocenters. The molecule has 5 heteroatoms. The zero-order chi connectivity index (χ0) is 11.5. The van der Waals surface area contributed by atoms with Gasteiger partial charge in [-0.2, -0.15) is 0 Å². The van der Waals surface area contributed by atoms with Crippen molar-refractivity contribution < 1.29 is 0 Å². The quantitative estimate of drug-likeness (QED) is 0.831. The molecule has 0 aromatic carbocycles. The molecule has 0 aliphatic heterocycles. The number of aryl methyl sites for hydroxylation is 1. The number of nitrogens with one attached hydrogen (secondary N) is 1. The first-order chi connectivity index (χ1) is 7.68. The molecule has 2 rings (SSSR count). The van der Waals surface area contributed by atoms with Gasteiger partial charge in [-0.1, -0.05) is 0 Å². The summed E-state index contributed by atoms with van der Waals surface area (Å²) in [5, 5.41) is 4.40. The Morgan fingerprint density at radius 3 is 2.94 bits per heavy atom. The lowest BCUT2D eigenvalue weighted by Crippen LogP contribution is -2.21. The molecule has 0 spiro atoms. The first-order valence-electron chi connectivity index (χ1n) is 5.33. The Morgan fingerprint density at radius 1 is 1.38 bits per heavy atom. The Labute approximate surface area is 95.1 Å². The lowest BCUT2D eigenvalue weighted by atomic mass is 10.3. The number of nitrogens with zero attached hydrogens (tertiary/aromatic N) is 4. The summed E-state index contributed by atoms with van der Waals surface area (Å²) in [6.07, 6.45) is 3.59. The van der Waals surface area contributed by atoms with Crippen LogP contribution in [-0.4, -0.2) is 46.6 Å². The summed E-state index contributed by atoms with van der Waals surface area (Å²) in [5.74, 6) is 0.910. The monoisotopic (exact) mass is 219 g/mol. The van der Waals surface area contributed by atoms with Crippen molar-refractivity contribution in [3.63, 3.8) is 0 Å². The highest BCUT2D eigenvalue weighted by Crippen LogP contribution is 2.18. The first-order valence-corrected chi connectivity index (χ1v) is 5.33. The summed E-state index contributed by atoms with van der Waals surface area (Å²) in [5.41, 5.74) is 0.961. The molecule has 2 heterocycles. The Hall–Kier alpha value is -1.62. The molecule has 0 aliphatic carbocycles. The third-order valence-electron chi connectivity index (χ3n) is 2.51. The van der Waals surface area contributed by atoms with Crippen LogP contribution < -0.4 is 5.32 Å². The highest BCUT2D eigenvalue weighted by molar-refractivity contribution is 5.87. The fourth-order valence-electron chi connectivity index (χ4n) is 1.62. The number of fused-ring (bicyclic) bond motifs is 1. The highest BCUT2D eigenvalue weighted by atomic mass is 15.1. The van der Waals surface area contributed by atoms with Gasteiger partial charge in [0.25, 0.3) is 0 Å². The van der Waals surface area contributed by atoms with E-state index in [1.165, 1.54) is 0 Å². The lowest BCUT2D eigenvalue weighted by molar-refractivity contribution is 0.425. The van der Waals surface area contributed by atoms with Crippen molar-refractivity contribution >= 4 is 16.9 Å². The fourth-order valence-corrected chi connectivity index (χ4v) is 1.62. The van der Waals surface area contributed by atoms with Gasteiger partial charge in [-0.25, -0.2) is 9.97 Å². The molecule has 1 N–H and O–H groups in total. The van der Waals surface area contributed by atoms with Crippen molar-refractivity contribution in [3.8, 4) is 0 Å². The number of anilines is 1. The Morgan fingerprint density at radius 2 is 2.19 bits per heavy atom. The van der Waals surface area contributed by atoms with E-state index >= 15 is 0 Å². The van der Waals surface area contributed by atoms with Crippen molar-refractivity contribution in [2.75, 3.05) is 32.5 Å². The third kappa shape index (κ3) is 2.14. The van der Waals surface area contributed by atoms with Crippen LogP contribution in [0.2, 0.25) is 0 Å². The highest BCUT2D eigenvalue weighted by Gasteiger charge is 2.05. The predicted octanol–water partition coefficient (Wildman–Crippen LogP) is 0.942. The average molecular weight is 219 g/mol. The molecule has 86 valence electrons. The van der Waals surface area contributed by atoms with Crippen molar-refractivity contribution in [2.45, 2.75) is 0 Å². The molecule has 0 unspecified atom stereocenters. The van der Waals surface area contributed by atoms with E-state index in [4.69, 9.17) is 0 Å². The van der Waals surface area contributed by atoms with Crippen LogP contribution in [0.4, 0.5) is 5.82 Å². The predicted molar refractivity (Wildman–Crippen MR) is 65.6 cm³/mol. The molecule has 0 saturated heterocycles.